The topological polar surface area (TPSA) is 52.0 Å². The van der Waals surface area contributed by atoms with Crippen molar-refractivity contribution in [2.75, 3.05) is 13.1 Å². The standard InChI is InChI=1S/C4H12N2.Pt/c5-3-1-2-4-6;/h1-6H2;. The van der Waals surface area contributed by atoms with Crippen LogP contribution in [-0.2, 0) is 21.1 Å². The number of hydrogen-bond donors (Lipinski definition) is 2. The fourth-order valence-electron chi connectivity index (χ4n) is 0.289. The zero-order chi connectivity index (χ0) is 4.83. The Morgan fingerprint density at radius 3 is 1.29 bits per heavy atom. The van der Waals surface area contributed by atoms with E-state index in [1.165, 1.54) is 0 Å². The molecule has 0 heterocycles. The monoisotopic (exact) mass is 283 g/mol. The molecule has 0 fully saturated rings. The second-order valence-corrected chi connectivity index (χ2v) is 1.28. The first-order valence-electron chi connectivity index (χ1n) is 2.32. The summed E-state index contributed by atoms with van der Waals surface area (Å²) in [5, 5.41) is 0. The van der Waals surface area contributed by atoms with Crippen molar-refractivity contribution in [3.8, 4) is 0 Å². The van der Waals surface area contributed by atoms with Crippen molar-refractivity contribution in [2.24, 2.45) is 11.5 Å². The molecule has 0 spiro atoms. The average molecular weight is 283 g/mol. The molecule has 0 aliphatic carbocycles. The second-order valence-electron chi connectivity index (χ2n) is 1.28. The van der Waals surface area contributed by atoms with Crippen molar-refractivity contribution in [3.63, 3.8) is 0 Å². The molecule has 0 radical (unpaired) electrons. The van der Waals surface area contributed by atoms with Crippen molar-refractivity contribution in [1.29, 1.82) is 0 Å². The first-order valence-corrected chi connectivity index (χ1v) is 2.32. The minimum absolute atomic E-state index is 0. The molecule has 0 atom stereocenters. The normalized spacial score (nSPS) is 7.71. The van der Waals surface area contributed by atoms with Crippen molar-refractivity contribution in [3.05, 3.63) is 0 Å². The van der Waals surface area contributed by atoms with Crippen LogP contribution in [0.25, 0.3) is 0 Å². The molecule has 2 nitrogen and oxygen atoms in total. The maximum Gasteiger partial charge on any atom is 0 e. The predicted octanol–water partition coefficient (Wildman–Crippen LogP) is -0.318. The Labute approximate surface area is 58.9 Å². The third-order valence-corrected chi connectivity index (χ3v) is 0.658. The second kappa shape index (κ2) is 9.79. The van der Waals surface area contributed by atoms with Gasteiger partial charge in [-0.05, 0) is 25.9 Å². The van der Waals surface area contributed by atoms with Crippen LogP contribution >= 0.6 is 0 Å². The van der Waals surface area contributed by atoms with Crippen LogP contribution < -0.4 is 11.5 Å². The van der Waals surface area contributed by atoms with Gasteiger partial charge in [0.25, 0.3) is 0 Å². The van der Waals surface area contributed by atoms with E-state index in [1.807, 2.05) is 0 Å². The van der Waals surface area contributed by atoms with Gasteiger partial charge in [-0.3, -0.25) is 0 Å². The molecule has 0 aromatic carbocycles. The van der Waals surface area contributed by atoms with E-state index in [2.05, 4.69) is 0 Å². The van der Waals surface area contributed by atoms with Gasteiger partial charge in [-0.25, -0.2) is 0 Å². The Kier molecular flexibility index (Phi) is 14.8. The first-order chi connectivity index (χ1) is 2.91. The SMILES string of the molecule is NCCCCN.[Pt]. The zero-order valence-corrected chi connectivity index (χ0v) is 6.57. The summed E-state index contributed by atoms with van der Waals surface area (Å²) in [4.78, 5) is 0. The largest absolute Gasteiger partial charge is 0.330 e. The van der Waals surface area contributed by atoms with E-state index in [9.17, 15) is 0 Å². The molecule has 0 saturated heterocycles. The molecule has 0 aromatic rings. The van der Waals surface area contributed by atoms with Crippen molar-refractivity contribution in [1.82, 2.24) is 0 Å². The quantitative estimate of drug-likeness (QED) is 0.698. The first kappa shape index (κ1) is 10.6. The van der Waals surface area contributed by atoms with Crippen LogP contribution in [0.5, 0.6) is 0 Å². The summed E-state index contributed by atoms with van der Waals surface area (Å²) >= 11 is 0. The van der Waals surface area contributed by atoms with E-state index in [4.69, 9.17) is 11.5 Å². The van der Waals surface area contributed by atoms with Crippen LogP contribution in [0.1, 0.15) is 12.8 Å². The Morgan fingerprint density at radius 1 is 0.857 bits per heavy atom. The van der Waals surface area contributed by atoms with E-state index in [0.717, 1.165) is 25.9 Å². The summed E-state index contributed by atoms with van der Waals surface area (Å²) in [5.74, 6) is 0. The molecular weight excluding hydrogens is 271 g/mol. The van der Waals surface area contributed by atoms with E-state index in [0.29, 0.717) is 0 Å². The van der Waals surface area contributed by atoms with Gasteiger partial charge in [-0.1, -0.05) is 0 Å². The summed E-state index contributed by atoms with van der Waals surface area (Å²) in [7, 11) is 0. The Hall–Kier alpha value is 0.608. The predicted molar refractivity (Wildman–Crippen MR) is 27.3 cm³/mol. The van der Waals surface area contributed by atoms with Gasteiger partial charge in [0.2, 0.25) is 0 Å². The number of nitrogens with two attached hydrogens (primary N) is 2. The number of rotatable bonds is 3. The fourth-order valence-corrected chi connectivity index (χ4v) is 0.289. The fraction of sp³-hybridized carbons (Fsp3) is 1.00. The Balaban J connectivity index is 0. The van der Waals surface area contributed by atoms with E-state index in [1.54, 1.807) is 0 Å². The van der Waals surface area contributed by atoms with Crippen LogP contribution in [0.15, 0.2) is 0 Å². The van der Waals surface area contributed by atoms with Gasteiger partial charge in [-0.2, -0.15) is 0 Å². The average Bonchev–Trinajstić information content (AvgIpc) is 1.61. The summed E-state index contributed by atoms with van der Waals surface area (Å²) in [5.41, 5.74) is 10.3. The van der Waals surface area contributed by atoms with Crippen LogP contribution in [0.3, 0.4) is 0 Å². The van der Waals surface area contributed by atoms with Gasteiger partial charge < -0.3 is 11.5 Å². The third-order valence-electron chi connectivity index (χ3n) is 0.658. The summed E-state index contributed by atoms with van der Waals surface area (Å²) in [6.45, 7) is 1.55. The summed E-state index contributed by atoms with van der Waals surface area (Å²) < 4.78 is 0. The maximum atomic E-state index is 5.16. The van der Waals surface area contributed by atoms with Gasteiger partial charge >= 0.3 is 0 Å². The van der Waals surface area contributed by atoms with Crippen molar-refractivity contribution in [2.45, 2.75) is 12.8 Å². The van der Waals surface area contributed by atoms with Gasteiger partial charge in [0.05, 0.1) is 0 Å². The van der Waals surface area contributed by atoms with Crippen LogP contribution in [0.2, 0.25) is 0 Å². The smallest absolute Gasteiger partial charge is 0 e. The zero-order valence-electron chi connectivity index (χ0n) is 4.30. The van der Waals surface area contributed by atoms with E-state index in [-0.39, 0.29) is 21.1 Å². The maximum absolute atomic E-state index is 5.16. The molecule has 0 aromatic heterocycles. The molecule has 0 rings (SSSR count). The molecule has 7 heavy (non-hydrogen) atoms. The number of unbranched alkanes of at least 4 members (excludes halogenated alkanes) is 1. The summed E-state index contributed by atoms with van der Waals surface area (Å²) in [6.07, 6.45) is 2.13. The molecule has 48 valence electrons. The van der Waals surface area contributed by atoms with E-state index >= 15 is 0 Å². The van der Waals surface area contributed by atoms with Gasteiger partial charge in [-0.15, -0.1) is 0 Å². The number of hydrogen-bond acceptors (Lipinski definition) is 2. The molecule has 4 N–H and O–H groups in total. The van der Waals surface area contributed by atoms with E-state index < -0.39 is 0 Å². The van der Waals surface area contributed by atoms with Crippen LogP contribution in [0, 0.1) is 0 Å². The van der Waals surface area contributed by atoms with Crippen molar-refractivity contribution >= 4 is 0 Å². The van der Waals surface area contributed by atoms with Gasteiger partial charge in [0.15, 0.2) is 0 Å². The molecule has 0 bridgehead atoms. The van der Waals surface area contributed by atoms with Gasteiger partial charge in [0.1, 0.15) is 0 Å². The molecule has 3 heteroatoms. The molecule has 0 saturated carbocycles. The van der Waals surface area contributed by atoms with Crippen LogP contribution in [-0.4, -0.2) is 13.1 Å². The summed E-state index contributed by atoms with van der Waals surface area (Å²) in [6, 6.07) is 0. The van der Waals surface area contributed by atoms with Crippen LogP contribution in [0.4, 0.5) is 0 Å². The molecule has 0 aliphatic heterocycles. The molecular formula is C4H12N2Pt. The molecule has 0 unspecified atom stereocenters. The molecule has 0 aliphatic rings. The van der Waals surface area contributed by atoms with Crippen molar-refractivity contribution < 1.29 is 21.1 Å². The minimum atomic E-state index is 0. The Morgan fingerprint density at radius 2 is 1.14 bits per heavy atom. The third kappa shape index (κ3) is 10.8. The van der Waals surface area contributed by atoms with Gasteiger partial charge in [0, 0.05) is 21.1 Å². The Bertz CT molecular complexity index is 21.7. The minimum Gasteiger partial charge on any atom is -0.330 e. The molecule has 0 amide bonds.